The van der Waals surface area contributed by atoms with Gasteiger partial charge in [-0.15, -0.1) is 0 Å². The Kier molecular flexibility index (Phi) is 4.45. The summed E-state index contributed by atoms with van der Waals surface area (Å²) in [7, 11) is 0. The highest BCUT2D eigenvalue weighted by atomic mass is 16.1. The molecule has 0 N–H and O–H groups in total. The van der Waals surface area contributed by atoms with Gasteiger partial charge in [0.25, 0.3) is 0 Å². The predicted molar refractivity (Wildman–Crippen MR) is 68.5 cm³/mol. The molecule has 1 aromatic rings. The molecule has 0 spiro atoms. The van der Waals surface area contributed by atoms with Gasteiger partial charge < -0.3 is 4.79 Å². The van der Waals surface area contributed by atoms with E-state index >= 15 is 0 Å². The van der Waals surface area contributed by atoms with Gasteiger partial charge in [-0.1, -0.05) is 44.2 Å². The molecule has 2 heteroatoms. The fourth-order valence-corrected chi connectivity index (χ4v) is 2.12. The molecule has 1 rings (SSSR count). The van der Waals surface area contributed by atoms with Crippen molar-refractivity contribution < 1.29 is 4.79 Å². The van der Waals surface area contributed by atoms with E-state index < -0.39 is 5.41 Å². The second kappa shape index (κ2) is 5.63. The number of nitrogens with zero attached hydrogens (tertiary/aromatic N) is 1. The first-order chi connectivity index (χ1) is 8.03. The number of hydrogen-bond acceptors (Lipinski definition) is 2. The third-order valence-electron chi connectivity index (χ3n) is 3.35. The van der Waals surface area contributed by atoms with E-state index in [-0.39, 0.29) is 11.7 Å². The Morgan fingerprint density at radius 3 is 2.35 bits per heavy atom. The quantitative estimate of drug-likeness (QED) is 0.775. The highest BCUT2D eigenvalue weighted by Gasteiger charge is 2.35. The third-order valence-corrected chi connectivity index (χ3v) is 3.35. The molecule has 0 bridgehead atoms. The minimum absolute atomic E-state index is 0.140. The first-order valence-corrected chi connectivity index (χ1v) is 5.99. The second-order valence-corrected chi connectivity index (χ2v) is 4.81. The molecule has 0 aliphatic carbocycles. The zero-order valence-electron chi connectivity index (χ0n) is 10.7. The van der Waals surface area contributed by atoms with E-state index in [1.807, 2.05) is 44.2 Å². The van der Waals surface area contributed by atoms with Crippen molar-refractivity contribution in [2.45, 2.75) is 39.0 Å². The van der Waals surface area contributed by atoms with Gasteiger partial charge in [-0.05, 0) is 24.8 Å². The minimum Gasteiger partial charge on any atom is -0.300 e. The lowest BCUT2D eigenvalue weighted by Crippen LogP contribution is -2.31. The average Bonchev–Trinajstić information content (AvgIpc) is 2.31. The number of rotatable bonds is 5. The largest absolute Gasteiger partial charge is 0.300 e. The zero-order chi connectivity index (χ0) is 12.9. The van der Waals surface area contributed by atoms with Crippen molar-refractivity contribution in [1.82, 2.24) is 0 Å². The van der Waals surface area contributed by atoms with Crippen LogP contribution in [0.5, 0.6) is 0 Å². The lowest BCUT2D eigenvalue weighted by molar-refractivity contribution is -0.117. The lowest BCUT2D eigenvalue weighted by Gasteiger charge is -2.31. The molecule has 0 aliphatic rings. The van der Waals surface area contributed by atoms with Gasteiger partial charge in [0, 0.05) is 6.42 Å². The molecule has 0 aromatic heterocycles. The van der Waals surface area contributed by atoms with Crippen LogP contribution >= 0.6 is 0 Å². The topological polar surface area (TPSA) is 40.9 Å². The van der Waals surface area contributed by atoms with Crippen LogP contribution in [0.1, 0.15) is 39.2 Å². The summed E-state index contributed by atoms with van der Waals surface area (Å²) >= 11 is 0. The Morgan fingerprint density at radius 2 is 1.94 bits per heavy atom. The van der Waals surface area contributed by atoms with E-state index in [1.165, 1.54) is 0 Å². The van der Waals surface area contributed by atoms with Crippen LogP contribution in [0.25, 0.3) is 0 Å². The van der Waals surface area contributed by atoms with Crippen molar-refractivity contribution in [2.24, 2.45) is 5.92 Å². The van der Waals surface area contributed by atoms with Crippen molar-refractivity contribution in [1.29, 1.82) is 5.26 Å². The first-order valence-electron chi connectivity index (χ1n) is 5.99. The van der Waals surface area contributed by atoms with Gasteiger partial charge in [-0.25, -0.2) is 0 Å². The zero-order valence-corrected chi connectivity index (χ0v) is 10.7. The fourth-order valence-electron chi connectivity index (χ4n) is 2.12. The van der Waals surface area contributed by atoms with E-state index in [9.17, 15) is 10.1 Å². The molecule has 2 nitrogen and oxygen atoms in total. The molecule has 0 heterocycles. The van der Waals surface area contributed by atoms with Crippen LogP contribution in [-0.2, 0) is 10.2 Å². The molecular formula is C15H19NO. The van der Waals surface area contributed by atoms with Crippen molar-refractivity contribution in [3.05, 3.63) is 35.9 Å². The Bertz CT molecular complexity index is 416. The summed E-state index contributed by atoms with van der Waals surface area (Å²) in [5, 5.41) is 9.55. The van der Waals surface area contributed by atoms with Crippen molar-refractivity contribution in [2.75, 3.05) is 0 Å². The standard InChI is InChI=1S/C15H19NO/c1-12(2)15(11-16,10-9-13(3)17)14-7-5-4-6-8-14/h4-8,12H,9-10H2,1-3H3. The Balaban J connectivity index is 3.10. The molecule has 0 amide bonds. The highest BCUT2D eigenvalue weighted by molar-refractivity contribution is 5.75. The molecule has 0 saturated carbocycles. The summed E-state index contributed by atoms with van der Waals surface area (Å²) in [6.45, 7) is 5.65. The Morgan fingerprint density at radius 1 is 1.35 bits per heavy atom. The molecule has 1 atom stereocenters. The molecular weight excluding hydrogens is 210 g/mol. The molecule has 0 aliphatic heterocycles. The SMILES string of the molecule is CC(=O)CCC(C#N)(c1ccccc1)C(C)C. The van der Waals surface area contributed by atoms with Crippen LogP contribution in [0.3, 0.4) is 0 Å². The highest BCUT2D eigenvalue weighted by Crippen LogP contribution is 2.36. The van der Waals surface area contributed by atoms with E-state index in [4.69, 9.17) is 0 Å². The van der Waals surface area contributed by atoms with Gasteiger partial charge in [0.15, 0.2) is 0 Å². The van der Waals surface area contributed by atoms with Crippen LogP contribution in [0, 0.1) is 17.2 Å². The summed E-state index contributed by atoms with van der Waals surface area (Å²) < 4.78 is 0. The van der Waals surface area contributed by atoms with Crippen molar-refractivity contribution in [3.63, 3.8) is 0 Å². The van der Waals surface area contributed by atoms with Crippen LogP contribution in [0.2, 0.25) is 0 Å². The van der Waals surface area contributed by atoms with E-state index in [2.05, 4.69) is 6.07 Å². The number of ketones is 1. The molecule has 0 radical (unpaired) electrons. The predicted octanol–water partition coefficient (Wildman–Crippen LogP) is 3.47. The lowest BCUT2D eigenvalue weighted by atomic mass is 9.69. The van der Waals surface area contributed by atoms with Gasteiger partial charge in [0.2, 0.25) is 0 Å². The summed E-state index contributed by atoms with van der Waals surface area (Å²) in [4.78, 5) is 11.2. The number of carbonyl (C=O) groups excluding carboxylic acids is 1. The summed E-state index contributed by atoms with van der Waals surface area (Å²) in [5.74, 6) is 0.329. The minimum atomic E-state index is -0.549. The smallest absolute Gasteiger partial charge is 0.129 e. The van der Waals surface area contributed by atoms with Crippen LogP contribution in [0.15, 0.2) is 30.3 Å². The second-order valence-electron chi connectivity index (χ2n) is 4.81. The number of hydrogen-bond donors (Lipinski definition) is 0. The maximum absolute atomic E-state index is 11.2. The Hall–Kier alpha value is -1.62. The van der Waals surface area contributed by atoms with Gasteiger partial charge in [-0.2, -0.15) is 5.26 Å². The Labute approximate surface area is 103 Å². The maximum atomic E-state index is 11.2. The molecule has 0 fully saturated rings. The van der Waals surface area contributed by atoms with Crippen LogP contribution in [-0.4, -0.2) is 5.78 Å². The van der Waals surface area contributed by atoms with Crippen molar-refractivity contribution >= 4 is 5.78 Å². The monoisotopic (exact) mass is 229 g/mol. The summed E-state index contributed by atoms with van der Waals surface area (Å²) in [5.41, 5.74) is 0.464. The number of carbonyl (C=O) groups is 1. The van der Waals surface area contributed by atoms with E-state index in [1.54, 1.807) is 6.92 Å². The van der Waals surface area contributed by atoms with Gasteiger partial charge >= 0.3 is 0 Å². The van der Waals surface area contributed by atoms with Gasteiger partial charge in [-0.3, -0.25) is 0 Å². The third kappa shape index (κ3) is 2.94. The summed E-state index contributed by atoms with van der Waals surface area (Å²) in [6.07, 6.45) is 1.06. The van der Waals surface area contributed by atoms with Crippen molar-refractivity contribution in [3.8, 4) is 6.07 Å². The summed E-state index contributed by atoms with van der Waals surface area (Å²) in [6, 6.07) is 12.2. The first kappa shape index (κ1) is 13.4. The molecule has 0 saturated heterocycles. The van der Waals surface area contributed by atoms with E-state index in [0.29, 0.717) is 12.8 Å². The molecule has 90 valence electrons. The molecule has 1 unspecified atom stereocenters. The van der Waals surface area contributed by atoms with E-state index in [0.717, 1.165) is 5.56 Å². The van der Waals surface area contributed by atoms with Gasteiger partial charge in [0.05, 0.1) is 11.5 Å². The van der Waals surface area contributed by atoms with Crippen LogP contribution < -0.4 is 0 Å². The van der Waals surface area contributed by atoms with Crippen LogP contribution in [0.4, 0.5) is 0 Å². The molecule has 1 aromatic carbocycles. The fraction of sp³-hybridized carbons (Fsp3) is 0.467. The number of benzene rings is 1. The maximum Gasteiger partial charge on any atom is 0.129 e. The van der Waals surface area contributed by atoms with Gasteiger partial charge in [0.1, 0.15) is 5.78 Å². The molecule has 17 heavy (non-hydrogen) atoms. The normalized spacial score (nSPS) is 14.1. The average molecular weight is 229 g/mol. The number of nitriles is 1. The number of Topliss-reactive ketones (excluding diaryl/α,β-unsaturated/α-hetero) is 1.